The first-order valence-electron chi connectivity index (χ1n) is 7.33. The highest BCUT2D eigenvalue weighted by Crippen LogP contribution is 2.36. The molecule has 106 valence electrons. The first-order chi connectivity index (χ1) is 9.72. The Bertz CT molecular complexity index is 537. The molecule has 0 saturated heterocycles. The number of nitrogens with zero attached hydrogens (tertiary/aromatic N) is 4. The highest BCUT2D eigenvalue weighted by Gasteiger charge is 2.35. The van der Waals surface area contributed by atoms with E-state index in [-0.39, 0.29) is 0 Å². The van der Waals surface area contributed by atoms with E-state index in [1.54, 1.807) is 11.0 Å². The predicted molar refractivity (Wildman–Crippen MR) is 77.6 cm³/mol. The van der Waals surface area contributed by atoms with Gasteiger partial charge < -0.3 is 5.32 Å². The molecule has 5 nitrogen and oxygen atoms in total. The Hall–Kier alpha value is -1.75. The molecule has 1 aromatic carbocycles. The summed E-state index contributed by atoms with van der Waals surface area (Å²) in [5, 5.41) is 15.0. The van der Waals surface area contributed by atoms with Crippen LogP contribution in [0.1, 0.15) is 51.1 Å². The normalized spacial score (nSPS) is 18.5. The van der Waals surface area contributed by atoms with Crippen LogP contribution in [-0.4, -0.2) is 25.7 Å². The van der Waals surface area contributed by atoms with E-state index >= 15 is 0 Å². The molecule has 1 aromatic heterocycles. The summed E-state index contributed by atoms with van der Waals surface area (Å²) >= 11 is 0. The fraction of sp³-hybridized carbons (Fsp3) is 0.533. The molecular formula is C15H21N5. The van der Waals surface area contributed by atoms with Gasteiger partial charge in [-0.2, -0.15) is 0 Å². The number of rotatable bonds is 5. The largest absolute Gasteiger partial charge is 0.305 e. The van der Waals surface area contributed by atoms with Gasteiger partial charge in [0.05, 0.1) is 5.69 Å². The van der Waals surface area contributed by atoms with Gasteiger partial charge in [-0.15, -0.1) is 5.10 Å². The zero-order valence-electron chi connectivity index (χ0n) is 12.1. The van der Waals surface area contributed by atoms with E-state index in [1.165, 1.54) is 31.2 Å². The molecule has 1 N–H and O–H groups in total. The van der Waals surface area contributed by atoms with Gasteiger partial charge in [0.15, 0.2) is 0 Å². The Balaban J connectivity index is 1.71. The standard InChI is InChI=1S/C15H21N5/c1-3-15(9-4-10-15)17-12(2)13-5-7-14(8-6-13)20-11-16-18-19-20/h5-8,11-12,17H,3-4,9-10H2,1-2H3/t12-/m1/s1. The molecule has 1 atom stereocenters. The van der Waals surface area contributed by atoms with Gasteiger partial charge in [0.1, 0.15) is 6.33 Å². The lowest BCUT2D eigenvalue weighted by molar-refractivity contribution is 0.160. The maximum absolute atomic E-state index is 3.90. The first-order valence-corrected chi connectivity index (χ1v) is 7.33. The van der Waals surface area contributed by atoms with Crippen molar-refractivity contribution in [2.75, 3.05) is 0 Å². The Morgan fingerprint density at radius 1 is 1.30 bits per heavy atom. The molecule has 1 heterocycles. The van der Waals surface area contributed by atoms with Crippen LogP contribution in [0.5, 0.6) is 0 Å². The summed E-state index contributed by atoms with van der Waals surface area (Å²) in [5.41, 5.74) is 2.66. The van der Waals surface area contributed by atoms with Crippen LogP contribution in [0.4, 0.5) is 0 Å². The van der Waals surface area contributed by atoms with E-state index in [0.29, 0.717) is 11.6 Å². The van der Waals surface area contributed by atoms with Crippen LogP contribution < -0.4 is 5.32 Å². The van der Waals surface area contributed by atoms with Crippen molar-refractivity contribution in [1.29, 1.82) is 0 Å². The van der Waals surface area contributed by atoms with Crippen molar-refractivity contribution in [2.24, 2.45) is 0 Å². The number of benzene rings is 1. The molecule has 1 aliphatic carbocycles. The maximum atomic E-state index is 3.90. The Morgan fingerprint density at radius 3 is 2.55 bits per heavy atom. The summed E-state index contributed by atoms with van der Waals surface area (Å²) in [6.07, 6.45) is 6.77. The van der Waals surface area contributed by atoms with Crippen molar-refractivity contribution in [3.05, 3.63) is 36.2 Å². The van der Waals surface area contributed by atoms with Crippen LogP contribution >= 0.6 is 0 Å². The molecule has 0 bridgehead atoms. The quantitative estimate of drug-likeness (QED) is 0.908. The smallest absolute Gasteiger partial charge is 0.143 e. The molecule has 1 aliphatic rings. The van der Waals surface area contributed by atoms with Crippen molar-refractivity contribution >= 4 is 0 Å². The van der Waals surface area contributed by atoms with Gasteiger partial charge in [-0.3, -0.25) is 0 Å². The Labute approximate surface area is 119 Å². The number of nitrogens with one attached hydrogen (secondary N) is 1. The third-order valence-corrected chi connectivity index (χ3v) is 4.52. The molecular weight excluding hydrogens is 250 g/mol. The zero-order valence-corrected chi connectivity index (χ0v) is 12.1. The fourth-order valence-electron chi connectivity index (χ4n) is 2.94. The lowest BCUT2D eigenvalue weighted by atomic mass is 9.74. The van der Waals surface area contributed by atoms with Crippen LogP contribution in [0.15, 0.2) is 30.6 Å². The topological polar surface area (TPSA) is 55.6 Å². The van der Waals surface area contributed by atoms with Gasteiger partial charge in [-0.25, -0.2) is 4.68 Å². The average molecular weight is 271 g/mol. The monoisotopic (exact) mass is 271 g/mol. The molecule has 0 aliphatic heterocycles. The maximum Gasteiger partial charge on any atom is 0.143 e. The molecule has 0 amide bonds. The van der Waals surface area contributed by atoms with E-state index in [4.69, 9.17) is 0 Å². The Kier molecular flexibility index (Phi) is 3.53. The van der Waals surface area contributed by atoms with E-state index in [9.17, 15) is 0 Å². The summed E-state index contributed by atoms with van der Waals surface area (Å²) in [4.78, 5) is 0. The SMILES string of the molecule is CCC1(N[C@H](C)c2ccc(-n3cnnn3)cc2)CCC1. The van der Waals surface area contributed by atoms with E-state index in [1.807, 2.05) is 0 Å². The van der Waals surface area contributed by atoms with Crippen LogP contribution in [0.25, 0.3) is 5.69 Å². The molecule has 0 unspecified atom stereocenters. The molecule has 5 heteroatoms. The van der Waals surface area contributed by atoms with Crippen LogP contribution in [0, 0.1) is 0 Å². The van der Waals surface area contributed by atoms with Gasteiger partial charge in [-0.05, 0) is 60.7 Å². The molecule has 0 spiro atoms. The lowest BCUT2D eigenvalue weighted by Crippen LogP contribution is -2.51. The minimum Gasteiger partial charge on any atom is -0.305 e. The minimum absolute atomic E-state index is 0.369. The van der Waals surface area contributed by atoms with Crippen molar-refractivity contribution in [3.63, 3.8) is 0 Å². The highest BCUT2D eigenvalue weighted by atomic mass is 15.5. The van der Waals surface area contributed by atoms with Crippen molar-refractivity contribution in [2.45, 2.75) is 51.1 Å². The second-order valence-corrected chi connectivity index (χ2v) is 5.70. The summed E-state index contributed by atoms with van der Waals surface area (Å²) < 4.78 is 1.67. The van der Waals surface area contributed by atoms with Gasteiger partial charge in [0.25, 0.3) is 0 Å². The van der Waals surface area contributed by atoms with E-state index in [2.05, 4.69) is 59.0 Å². The van der Waals surface area contributed by atoms with Gasteiger partial charge >= 0.3 is 0 Å². The van der Waals surface area contributed by atoms with Gasteiger partial charge in [0.2, 0.25) is 0 Å². The molecule has 20 heavy (non-hydrogen) atoms. The van der Waals surface area contributed by atoms with E-state index < -0.39 is 0 Å². The highest BCUT2D eigenvalue weighted by molar-refractivity contribution is 5.34. The summed E-state index contributed by atoms with van der Waals surface area (Å²) in [6, 6.07) is 8.79. The second kappa shape index (κ2) is 5.32. The molecule has 3 rings (SSSR count). The number of tetrazole rings is 1. The van der Waals surface area contributed by atoms with Crippen LogP contribution in [0.3, 0.4) is 0 Å². The van der Waals surface area contributed by atoms with Crippen molar-refractivity contribution in [1.82, 2.24) is 25.5 Å². The van der Waals surface area contributed by atoms with Gasteiger partial charge in [-0.1, -0.05) is 19.1 Å². The van der Waals surface area contributed by atoms with Crippen LogP contribution in [-0.2, 0) is 0 Å². The summed E-state index contributed by atoms with van der Waals surface area (Å²) in [5.74, 6) is 0. The van der Waals surface area contributed by atoms with E-state index in [0.717, 1.165) is 5.69 Å². The second-order valence-electron chi connectivity index (χ2n) is 5.70. The van der Waals surface area contributed by atoms with Crippen molar-refractivity contribution < 1.29 is 0 Å². The Morgan fingerprint density at radius 2 is 2.05 bits per heavy atom. The number of hydrogen-bond acceptors (Lipinski definition) is 4. The average Bonchev–Trinajstić information content (AvgIpc) is 2.97. The number of aromatic nitrogens is 4. The molecule has 1 fully saturated rings. The summed E-state index contributed by atoms with van der Waals surface area (Å²) in [7, 11) is 0. The van der Waals surface area contributed by atoms with Gasteiger partial charge in [0, 0.05) is 11.6 Å². The molecule has 2 aromatic rings. The number of hydrogen-bond donors (Lipinski definition) is 1. The predicted octanol–water partition coefficient (Wildman–Crippen LogP) is 2.65. The third kappa shape index (κ3) is 2.45. The fourth-order valence-corrected chi connectivity index (χ4v) is 2.94. The van der Waals surface area contributed by atoms with Crippen LogP contribution in [0.2, 0.25) is 0 Å². The molecule has 0 radical (unpaired) electrons. The molecule has 1 saturated carbocycles. The lowest BCUT2D eigenvalue weighted by Gasteiger charge is -2.44. The van der Waals surface area contributed by atoms with Crippen molar-refractivity contribution in [3.8, 4) is 5.69 Å². The minimum atomic E-state index is 0.369. The zero-order chi connectivity index (χ0) is 14.0. The summed E-state index contributed by atoms with van der Waals surface area (Å²) in [6.45, 7) is 4.52. The third-order valence-electron chi connectivity index (χ3n) is 4.52. The first kappa shape index (κ1) is 13.2.